The SMILES string of the molecule is CCN(CCCCCCO)CC(=O)OC. The Kier molecular flexibility index (Phi) is 9.52. The van der Waals surface area contributed by atoms with Gasteiger partial charge in [-0.3, -0.25) is 9.69 Å². The third-order valence-corrected chi connectivity index (χ3v) is 2.41. The molecule has 0 aromatic heterocycles. The Hall–Kier alpha value is -0.610. The van der Waals surface area contributed by atoms with Gasteiger partial charge in [0.15, 0.2) is 0 Å². The standard InChI is InChI=1S/C11H23NO3/c1-3-12(10-11(14)15-2)8-6-4-5-7-9-13/h13H,3-10H2,1-2H3. The monoisotopic (exact) mass is 217 g/mol. The number of methoxy groups -OCH3 is 1. The van der Waals surface area contributed by atoms with Gasteiger partial charge in [-0.1, -0.05) is 19.8 Å². The molecule has 0 rings (SSSR count). The minimum atomic E-state index is -0.174. The third kappa shape index (κ3) is 8.39. The normalized spacial score (nSPS) is 10.7. The van der Waals surface area contributed by atoms with Crippen molar-refractivity contribution in [3.05, 3.63) is 0 Å². The molecule has 0 amide bonds. The van der Waals surface area contributed by atoms with Crippen LogP contribution in [0.25, 0.3) is 0 Å². The van der Waals surface area contributed by atoms with Crippen LogP contribution in [0.3, 0.4) is 0 Å². The number of likely N-dealkylation sites (N-methyl/N-ethyl adjacent to an activating group) is 1. The summed E-state index contributed by atoms with van der Waals surface area (Å²) in [6.07, 6.45) is 4.12. The topological polar surface area (TPSA) is 49.8 Å². The van der Waals surface area contributed by atoms with Gasteiger partial charge in [0, 0.05) is 6.61 Å². The number of esters is 1. The maximum atomic E-state index is 11.0. The van der Waals surface area contributed by atoms with E-state index in [4.69, 9.17) is 5.11 Å². The number of aliphatic hydroxyl groups excluding tert-OH is 1. The first-order chi connectivity index (χ1) is 7.24. The molecular weight excluding hydrogens is 194 g/mol. The van der Waals surface area contributed by atoms with E-state index in [0.29, 0.717) is 6.54 Å². The molecule has 0 radical (unpaired) electrons. The zero-order chi connectivity index (χ0) is 11.5. The predicted octanol–water partition coefficient (Wildman–Crippen LogP) is 1.03. The zero-order valence-corrected chi connectivity index (χ0v) is 9.87. The van der Waals surface area contributed by atoms with Gasteiger partial charge in [0.2, 0.25) is 0 Å². The second-order valence-corrected chi connectivity index (χ2v) is 3.58. The fraction of sp³-hybridized carbons (Fsp3) is 0.909. The fourth-order valence-electron chi connectivity index (χ4n) is 1.40. The third-order valence-electron chi connectivity index (χ3n) is 2.41. The number of carbonyl (C=O) groups is 1. The van der Waals surface area contributed by atoms with Gasteiger partial charge >= 0.3 is 5.97 Å². The Labute approximate surface area is 92.2 Å². The maximum Gasteiger partial charge on any atom is 0.319 e. The van der Waals surface area contributed by atoms with Crippen molar-refractivity contribution in [2.24, 2.45) is 0 Å². The van der Waals surface area contributed by atoms with Crippen LogP contribution in [0.5, 0.6) is 0 Å². The van der Waals surface area contributed by atoms with Crippen LogP contribution in [-0.2, 0) is 9.53 Å². The van der Waals surface area contributed by atoms with Crippen molar-refractivity contribution in [2.45, 2.75) is 32.6 Å². The van der Waals surface area contributed by atoms with Crippen molar-refractivity contribution in [3.8, 4) is 0 Å². The number of carbonyl (C=O) groups excluding carboxylic acids is 1. The van der Waals surface area contributed by atoms with E-state index >= 15 is 0 Å². The van der Waals surface area contributed by atoms with Crippen molar-refractivity contribution in [3.63, 3.8) is 0 Å². The number of ether oxygens (including phenoxy) is 1. The van der Waals surface area contributed by atoms with Crippen molar-refractivity contribution in [1.82, 2.24) is 4.90 Å². The first-order valence-corrected chi connectivity index (χ1v) is 5.64. The molecule has 0 aromatic carbocycles. The molecule has 0 unspecified atom stereocenters. The van der Waals surface area contributed by atoms with Crippen LogP contribution in [-0.4, -0.2) is 49.3 Å². The molecule has 0 aromatic rings. The van der Waals surface area contributed by atoms with E-state index in [1.807, 2.05) is 6.92 Å². The highest BCUT2D eigenvalue weighted by Crippen LogP contribution is 2.01. The van der Waals surface area contributed by atoms with Crippen LogP contribution in [0.15, 0.2) is 0 Å². The lowest BCUT2D eigenvalue weighted by atomic mass is 10.2. The fourth-order valence-corrected chi connectivity index (χ4v) is 1.40. The number of hydrogen-bond acceptors (Lipinski definition) is 4. The minimum absolute atomic E-state index is 0.174. The summed E-state index contributed by atoms with van der Waals surface area (Å²) in [5.41, 5.74) is 0. The molecule has 4 heteroatoms. The average Bonchev–Trinajstić information content (AvgIpc) is 2.26. The van der Waals surface area contributed by atoms with E-state index in [0.717, 1.165) is 38.8 Å². The van der Waals surface area contributed by atoms with E-state index in [9.17, 15) is 4.79 Å². The lowest BCUT2D eigenvalue weighted by Crippen LogP contribution is -2.31. The van der Waals surface area contributed by atoms with Crippen molar-refractivity contribution in [1.29, 1.82) is 0 Å². The number of unbranched alkanes of at least 4 members (excludes halogenated alkanes) is 3. The van der Waals surface area contributed by atoms with Gasteiger partial charge < -0.3 is 9.84 Å². The summed E-state index contributed by atoms with van der Waals surface area (Å²) in [5, 5.41) is 8.60. The Balaban J connectivity index is 3.48. The number of rotatable bonds is 9. The summed E-state index contributed by atoms with van der Waals surface area (Å²) in [7, 11) is 1.41. The molecule has 0 spiro atoms. The molecule has 0 heterocycles. The molecule has 0 aliphatic rings. The Morgan fingerprint density at radius 3 is 2.47 bits per heavy atom. The van der Waals surface area contributed by atoms with Crippen LogP contribution in [0.1, 0.15) is 32.6 Å². The van der Waals surface area contributed by atoms with Gasteiger partial charge in [0.25, 0.3) is 0 Å². The molecule has 4 nitrogen and oxygen atoms in total. The highest BCUT2D eigenvalue weighted by molar-refractivity contribution is 5.71. The van der Waals surface area contributed by atoms with Gasteiger partial charge in [-0.15, -0.1) is 0 Å². The Morgan fingerprint density at radius 2 is 1.93 bits per heavy atom. The average molecular weight is 217 g/mol. The number of nitrogens with zero attached hydrogens (tertiary/aromatic N) is 1. The lowest BCUT2D eigenvalue weighted by molar-refractivity contribution is -0.141. The van der Waals surface area contributed by atoms with Crippen molar-refractivity contribution < 1.29 is 14.6 Å². The van der Waals surface area contributed by atoms with E-state index in [-0.39, 0.29) is 12.6 Å². The lowest BCUT2D eigenvalue weighted by Gasteiger charge is -2.18. The molecule has 0 aliphatic carbocycles. The van der Waals surface area contributed by atoms with Gasteiger partial charge in [-0.2, -0.15) is 0 Å². The van der Waals surface area contributed by atoms with E-state index in [1.165, 1.54) is 7.11 Å². The van der Waals surface area contributed by atoms with E-state index in [2.05, 4.69) is 9.64 Å². The van der Waals surface area contributed by atoms with Gasteiger partial charge in [0.1, 0.15) is 0 Å². The second kappa shape index (κ2) is 9.93. The highest BCUT2D eigenvalue weighted by Gasteiger charge is 2.07. The second-order valence-electron chi connectivity index (χ2n) is 3.58. The molecule has 0 bridgehead atoms. The zero-order valence-electron chi connectivity index (χ0n) is 9.87. The van der Waals surface area contributed by atoms with Crippen LogP contribution in [0.2, 0.25) is 0 Å². The van der Waals surface area contributed by atoms with Crippen LogP contribution in [0, 0.1) is 0 Å². The van der Waals surface area contributed by atoms with E-state index in [1.54, 1.807) is 0 Å². The molecular formula is C11H23NO3. The smallest absolute Gasteiger partial charge is 0.319 e. The highest BCUT2D eigenvalue weighted by atomic mass is 16.5. The Bertz CT molecular complexity index is 162. The molecule has 0 aliphatic heterocycles. The summed E-state index contributed by atoms with van der Waals surface area (Å²) in [5.74, 6) is -0.174. The molecule has 0 atom stereocenters. The van der Waals surface area contributed by atoms with Crippen LogP contribution < -0.4 is 0 Å². The Morgan fingerprint density at radius 1 is 1.27 bits per heavy atom. The van der Waals surface area contributed by atoms with Gasteiger partial charge in [0.05, 0.1) is 13.7 Å². The summed E-state index contributed by atoms with van der Waals surface area (Å²) in [6.45, 7) is 4.50. The van der Waals surface area contributed by atoms with Crippen LogP contribution in [0.4, 0.5) is 0 Å². The predicted molar refractivity (Wildman–Crippen MR) is 59.7 cm³/mol. The molecule has 0 saturated heterocycles. The number of aliphatic hydroxyl groups is 1. The van der Waals surface area contributed by atoms with E-state index < -0.39 is 0 Å². The first kappa shape index (κ1) is 14.4. The summed E-state index contributed by atoms with van der Waals surface area (Å²) in [6, 6.07) is 0. The molecule has 0 fully saturated rings. The molecule has 1 N–H and O–H groups in total. The molecule has 0 saturated carbocycles. The van der Waals surface area contributed by atoms with Crippen LogP contribution >= 0.6 is 0 Å². The quantitative estimate of drug-likeness (QED) is 0.463. The summed E-state index contributed by atoms with van der Waals surface area (Å²) in [4.78, 5) is 13.1. The van der Waals surface area contributed by atoms with Crippen molar-refractivity contribution in [2.75, 3.05) is 33.4 Å². The summed E-state index contributed by atoms with van der Waals surface area (Å²) < 4.78 is 4.61. The summed E-state index contributed by atoms with van der Waals surface area (Å²) >= 11 is 0. The van der Waals surface area contributed by atoms with Crippen molar-refractivity contribution >= 4 is 5.97 Å². The number of hydrogen-bond donors (Lipinski definition) is 1. The van der Waals surface area contributed by atoms with Gasteiger partial charge in [-0.05, 0) is 25.9 Å². The maximum absolute atomic E-state index is 11.0. The molecule has 90 valence electrons. The first-order valence-electron chi connectivity index (χ1n) is 5.64. The minimum Gasteiger partial charge on any atom is -0.468 e. The van der Waals surface area contributed by atoms with Gasteiger partial charge in [-0.25, -0.2) is 0 Å². The largest absolute Gasteiger partial charge is 0.468 e. The molecule has 15 heavy (non-hydrogen) atoms.